The summed E-state index contributed by atoms with van der Waals surface area (Å²) >= 11 is 1.61. The Morgan fingerprint density at radius 2 is 1.71 bits per heavy atom. The Balaban J connectivity index is 3.50. The molecule has 38 heavy (non-hydrogen) atoms. The van der Waals surface area contributed by atoms with Gasteiger partial charge in [-0.25, -0.2) is 4.79 Å². The van der Waals surface area contributed by atoms with Crippen LogP contribution < -0.4 is 10.6 Å². The Kier molecular flexibility index (Phi) is 15.5. The van der Waals surface area contributed by atoms with E-state index in [2.05, 4.69) is 24.5 Å². The van der Waals surface area contributed by atoms with E-state index in [9.17, 15) is 14.4 Å². The smallest absolute Gasteiger partial charge is 0.408 e. The topological polar surface area (TPSA) is 87.7 Å². The number of alkyl carbamates (subject to hydrolysis) is 1. The molecule has 8 heteroatoms. The van der Waals surface area contributed by atoms with Gasteiger partial charge in [0.1, 0.15) is 17.7 Å². The highest BCUT2D eigenvalue weighted by Gasteiger charge is 2.36. The molecule has 2 unspecified atom stereocenters. The lowest BCUT2D eigenvalue weighted by Crippen LogP contribution is -2.53. The van der Waals surface area contributed by atoms with Gasteiger partial charge in [0.15, 0.2) is 0 Å². The van der Waals surface area contributed by atoms with Gasteiger partial charge in [0.25, 0.3) is 0 Å². The highest BCUT2D eigenvalue weighted by atomic mass is 32.2. The number of hydrogen-bond donors (Lipinski definition) is 2. The maximum Gasteiger partial charge on any atom is 0.408 e. The first-order chi connectivity index (χ1) is 17.9. The minimum absolute atomic E-state index is 0.183. The molecule has 216 valence electrons. The molecule has 0 bridgehead atoms. The van der Waals surface area contributed by atoms with Crippen molar-refractivity contribution in [2.24, 2.45) is 0 Å². The van der Waals surface area contributed by atoms with E-state index in [1.54, 1.807) is 37.4 Å². The van der Waals surface area contributed by atoms with Crippen LogP contribution in [0.2, 0.25) is 0 Å². The van der Waals surface area contributed by atoms with Crippen LogP contribution in [0, 0.1) is 13.8 Å². The average Bonchev–Trinajstić information content (AvgIpc) is 2.84. The van der Waals surface area contributed by atoms with E-state index in [0.717, 1.165) is 55.2 Å². The van der Waals surface area contributed by atoms with E-state index in [4.69, 9.17) is 4.74 Å². The van der Waals surface area contributed by atoms with Gasteiger partial charge in [-0.1, -0.05) is 63.3 Å². The fourth-order valence-electron chi connectivity index (χ4n) is 4.21. The van der Waals surface area contributed by atoms with Crippen molar-refractivity contribution < 1.29 is 19.1 Å². The number of benzene rings is 1. The maximum atomic E-state index is 14.2. The van der Waals surface area contributed by atoms with Gasteiger partial charge in [-0.3, -0.25) is 9.59 Å². The van der Waals surface area contributed by atoms with Gasteiger partial charge in [0, 0.05) is 13.1 Å². The molecule has 1 aromatic rings. The van der Waals surface area contributed by atoms with E-state index in [1.807, 2.05) is 38.3 Å². The normalized spacial score (nSPS) is 12.9. The first kappa shape index (κ1) is 33.8. The highest BCUT2D eigenvalue weighted by Crippen LogP contribution is 2.28. The standard InChI is InChI=1S/C30H51N3O4S/c1-9-11-13-14-19-33(28(35)25(17-20-38-8)32-29(36)37-30(5,6)7)26(27(34)31-18-12-10-2)24-21-22(3)15-16-23(24)4/h15-16,21,25-26H,9-14,17-20H2,1-8H3,(H,31,34)(H,32,36). The third-order valence-corrected chi connectivity index (χ3v) is 6.90. The average molecular weight is 550 g/mol. The second-order valence-electron chi connectivity index (χ2n) is 11.0. The van der Waals surface area contributed by atoms with Gasteiger partial charge in [-0.2, -0.15) is 11.8 Å². The molecule has 0 radical (unpaired) electrons. The van der Waals surface area contributed by atoms with Crippen LogP contribution in [0.5, 0.6) is 0 Å². The van der Waals surface area contributed by atoms with Crippen LogP contribution >= 0.6 is 11.8 Å². The molecule has 0 aromatic heterocycles. The van der Waals surface area contributed by atoms with Gasteiger partial charge in [0.2, 0.25) is 11.8 Å². The van der Waals surface area contributed by atoms with Crippen molar-refractivity contribution in [3.63, 3.8) is 0 Å². The van der Waals surface area contributed by atoms with Crippen molar-refractivity contribution in [2.45, 2.75) is 111 Å². The predicted octanol–water partition coefficient (Wildman–Crippen LogP) is 6.32. The third-order valence-electron chi connectivity index (χ3n) is 6.25. The summed E-state index contributed by atoms with van der Waals surface area (Å²) in [6.07, 6.45) is 7.50. The van der Waals surface area contributed by atoms with Crippen LogP contribution in [0.4, 0.5) is 4.79 Å². The zero-order valence-corrected chi connectivity index (χ0v) is 25.8. The lowest BCUT2D eigenvalue weighted by atomic mass is 9.95. The lowest BCUT2D eigenvalue weighted by molar-refractivity contribution is -0.142. The number of hydrogen-bond acceptors (Lipinski definition) is 5. The van der Waals surface area contributed by atoms with Gasteiger partial charge in [-0.15, -0.1) is 0 Å². The third kappa shape index (κ3) is 12.1. The Morgan fingerprint density at radius 1 is 1.03 bits per heavy atom. The zero-order chi connectivity index (χ0) is 28.7. The molecule has 2 atom stereocenters. The molecular formula is C30H51N3O4S. The molecule has 0 heterocycles. The molecule has 1 aromatic carbocycles. The van der Waals surface area contributed by atoms with Gasteiger partial charge in [0.05, 0.1) is 0 Å². The highest BCUT2D eigenvalue weighted by molar-refractivity contribution is 7.98. The van der Waals surface area contributed by atoms with Gasteiger partial charge < -0.3 is 20.3 Å². The van der Waals surface area contributed by atoms with Gasteiger partial charge in [-0.05, 0) is 77.0 Å². The number of nitrogens with zero attached hydrogens (tertiary/aromatic N) is 1. The molecule has 0 saturated carbocycles. The summed E-state index contributed by atoms with van der Waals surface area (Å²) in [4.78, 5) is 42.4. The van der Waals surface area contributed by atoms with E-state index in [-0.39, 0.29) is 11.8 Å². The number of carbonyl (C=O) groups is 3. The molecule has 1 rings (SSSR count). The Labute approximate surface area is 235 Å². The summed E-state index contributed by atoms with van der Waals surface area (Å²) in [5.74, 6) is 0.252. The minimum atomic E-state index is -0.792. The number of thioether (sulfide) groups is 1. The van der Waals surface area contributed by atoms with Crippen LogP contribution in [-0.4, -0.2) is 59.5 Å². The Bertz CT molecular complexity index is 885. The van der Waals surface area contributed by atoms with Crippen LogP contribution in [0.1, 0.15) is 102 Å². The van der Waals surface area contributed by atoms with Crippen LogP contribution in [0.3, 0.4) is 0 Å². The summed E-state index contributed by atoms with van der Waals surface area (Å²) in [5.41, 5.74) is 2.13. The summed E-state index contributed by atoms with van der Waals surface area (Å²) in [6, 6.07) is 4.45. The van der Waals surface area contributed by atoms with Crippen LogP contribution in [0.25, 0.3) is 0 Å². The number of aryl methyl sites for hydroxylation is 2. The number of amides is 3. The molecule has 0 aliphatic rings. The molecule has 7 nitrogen and oxygen atoms in total. The Morgan fingerprint density at radius 3 is 2.32 bits per heavy atom. The predicted molar refractivity (Wildman–Crippen MR) is 159 cm³/mol. The van der Waals surface area contributed by atoms with Crippen LogP contribution in [-0.2, 0) is 14.3 Å². The van der Waals surface area contributed by atoms with Crippen molar-refractivity contribution in [3.05, 3.63) is 34.9 Å². The van der Waals surface area contributed by atoms with E-state index >= 15 is 0 Å². The Hall–Kier alpha value is -2.22. The summed E-state index contributed by atoms with van der Waals surface area (Å²) < 4.78 is 5.48. The van der Waals surface area contributed by atoms with E-state index < -0.39 is 23.8 Å². The summed E-state index contributed by atoms with van der Waals surface area (Å²) in [5, 5.41) is 5.89. The van der Waals surface area contributed by atoms with E-state index in [1.165, 1.54) is 0 Å². The fraction of sp³-hybridized carbons (Fsp3) is 0.700. The summed E-state index contributed by atoms with van der Waals surface area (Å²) in [7, 11) is 0. The van der Waals surface area contributed by atoms with Crippen molar-refractivity contribution in [1.82, 2.24) is 15.5 Å². The first-order valence-corrected chi connectivity index (χ1v) is 15.5. The van der Waals surface area contributed by atoms with Crippen molar-refractivity contribution in [1.29, 1.82) is 0 Å². The number of carbonyl (C=O) groups excluding carboxylic acids is 3. The summed E-state index contributed by atoms with van der Waals surface area (Å²) in [6.45, 7) is 14.6. The number of rotatable bonds is 16. The second kappa shape index (κ2) is 17.4. The SMILES string of the molecule is CCCCCCN(C(=O)C(CCSC)NC(=O)OC(C)(C)C)C(C(=O)NCCCC)c1cc(C)ccc1C. The monoisotopic (exact) mass is 549 g/mol. The molecule has 0 fully saturated rings. The molecule has 0 aliphatic carbocycles. The number of nitrogens with one attached hydrogen (secondary N) is 2. The molecule has 2 N–H and O–H groups in total. The van der Waals surface area contributed by atoms with Crippen LogP contribution in [0.15, 0.2) is 18.2 Å². The zero-order valence-electron chi connectivity index (χ0n) is 24.9. The van der Waals surface area contributed by atoms with E-state index in [0.29, 0.717) is 25.3 Å². The number of unbranched alkanes of at least 4 members (excludes halogenated alkanes) is 4. The largest absolute Gasteiger partial charge is 0.444 e. The fourth-order valence-corrected chi connectivity index (χ4v) is 4.68. The molecule has 0 spiro atoms. The minimum Gasteiger partial charge on any atom is -0.444 e. The second-order valence-corrected chi connectivity index (χ2v) is 12.0. The van der Waals surface area contributed by atoms with Crippen molar-refractivity contribution in [3.8, 4) is 0 Å². The molecule has 0 saturated heterocycles. The molecular weight excluding hydrogens is 498 g/mol. The van der Waals surface area contributed by atoms with Crippen molar-refractivity contribution in [2.75, 3.05) is 25.1 Å². The molecule has 0 aliphatic heterocycles. The maximum absolute atomic E-state index is 14.2. The van der Waals surface area contributed by atoms with Gasteiger partial charge >= 0.3 is 6.09 Å². The lowest BCUT2D eigenvalue weighted by Gasteiger charge is -2.35. The number of ether oxygens (including phenoxy) is 1. The first-order valence-electron chi connectivity index (χ1n) is 14.1. The van der Waals surface area contributed by atoms with Crippen molar-refractivity contribution >= 4 is 29.7 Å². The molecule has 3 amide bonds. The quantitative estimate of drug-likeness (QED) is 0.236.